The van der Waals surface area contributed by atoms with E-state index >= 15 is 0 Å². The van der Waals surface area contributed by atoms with Gasteiger partial charge < -0.3 is 4.90 Å². The molecule has 1 aliphatic heterocycles. The fourth-order valence-electron chi connectivity index (χ4n) is 2.05. The highest BCUT2D eigenvalue weighted by atomic mass is 19.1. The van der Waals surface area contributed by atoms with Crippen LogP contribution in [0.4, 0.5) is 14.5 Å². The molecule has 0 saturated carbocycles. The van der Waals surface area contributed by atoms with Crippen LogP contribution in [-0.4, -0.2) is 13.1 Å². The standard InChI is InChI=1S/C12H15F2N/c1-12(2)3-4-15(8-12)11-6-9(13)5-10(14)7-11/h5-7H,3-4,8H2,1-2H3. The van der Waals surface area contributed by atoms with Gasteiger partial charge in [-0.15, -0.1) is 0 Å². The van der Waals surface area contributed by atoms with Crippen molar-refractivity contribution >= 4 is 5.69 Å². The summed E-state index contributed by atoms with van der Waals surface area (Å²) in [6, 6.07) is 3.69. The van der Waals surface area contributed by atoms with Crippen molar-refractivity contribution in [3.63, 3.8) is 0 Å². The molecule has 0 radical (unpaired) electrons. The highest BCUT2D eigenvalue weighted by Gasteiger charge is 2.29. The van der Waals surface area contributed by atoms with Crippen LogP contribution >= 0.6 is 0 Å². The molecule has 1 aromatic rings. The Kier molecular flexibility index (Phi) is 2.41. The number of hydrogen-bond donors (Lipinski definition) is 0. The van der Waals surface area contributed by atoms with E-state index in [0.717, 1.165) is 25.6 Å². The maximum Gasteiger partial charge on any atom is 0.128 e. The number of hydrogen-bond acceptors (Lipinski definition) is 1. The molecule has 0 unspecified atom stereocenters. The lowest BCUT2D eigenvalue weighted by Gasteiger charge is -2.21. The molecule has 1 heterocycles. The Morgan fingerprint density at radius 2 is 1.73 bits per heavy atom. The molecule has 82 valence electrons. The van der Waals surface area contributed by atoms with Crippen molar-refractivity contribution in [1.82, 2.24) is 0 Å². The summed E-state index contributed by atoms with van der Waals surface area (Å²) in [6.45, 7) is 6.07. The van der Waals surface area contributed by atoms with E-state index in [-0.39, 0.29) is 5.41 Å². The van der Waals surface area contributed by atoms with Crippen LogP contribution in [0.5, 0.6) is 0 Å². The van der Waals surface area contributed by atoms with Gasteiger partial charge in [-0.05, 0) is 24.0 Å². The highest BCUT2D eigenvalue weighted by Crippen LogP contribution is 2.32. The van der Waals surface area contributed by atoms with E-state index in [1.807, 2.05) is 4.90 Å². The van der Waals surface area contributed by atoms with E-state index in [1.165, 1.54) is 12.1 Å². The third-order valence-corrected chi connectivity index (χ3v) is 2.89. The van der Waals surface area contributed by atoms with Crippen molar-refractivity contribution in [3.05, 3.63) is 29.8 Å². The molecule has 15 heavy (non-hydrogen) atoms. The summed E-state index contributed by atoms with van der Waals surface area (Å²) in [7, 11) is 0. The minimum atomic E-state index is -0.505. The maximum atomic E-state index is 13.0. The van der Waals surface area contributed by atoms with E-state index in [1.54, 1.807) is 0 Å². The fraction of sp³-hybridized carbons (Fsp3) is 0.500. The van der Waals surface area contributed by atoms with Crippen LogP contribution in [0.2, 0.25) is 0 Å². The SMILES string of the molecule is CC1(C)CCN(c2cc(F)cc(F)c2)C1. The third-order valence-electron chi connectivity index (χ3n) is 2.89. The topological polar surface area (TPSA) is 3.24 Å². The zero-order valence-corrected chi connectivity index (χ0v) is 9.06. The lowest BCUT2D eigenvalue weighted by molar-refractivity contribution is 0.418. The second kappa shape index (κ2) is 3.47. The van der Waals surface area contributed by atoms with E-state index in [0.29, 0.717) is 5.69 Å². The lowest BCUT2D eigenvalue weighted by Crippen LogP contribution is -2.22. The summed E-state index contributed by atoms with van der Waals surface area (Å²) in [5.41, 5.74) is 0.890. The largest absolute Gasteiger partial charge is 0.371 e. The molecule has 0 spiro atoms. The van der Waals surface area contributed by atoms with Crippen LogP contribution in [-0.2, 0) is 0 Å². The van der Waals surface area contributed by atoms with Crippen molar-refractivity contribution in [2.24, 2.45) is 5.41 Å². The van der Waals surface area contributed by atoms with E-state index in [4.69, 9.17) is 0 Å². The smallest absolute Gasteiger partial charge is 0.128 e. The third kappa shape index (κ3) is 2.28. The first-order chi connectivity index (χ1) is 6.96. The Hall–Kier alpha value is -1.12. The van der Waals surface area contributed by atoms with E-state index in [2.05, 4.69) is 13.8 Å². The number of halogens is 2. The molecule has 1 fully saturated rings. The van der Waals surface area contributed by atoms with Crippen LogP contribution in [0.25, 0.3) is 0 Å². The molecule has 0 aromatic heterocycles. The van der Waals surface area contributed by atoms with Crippen LogP contribution in [0.3, 0.4) is 0 Å². The van der Waals surface area contributed by atoms with Crippen LogP contribution < -0.4 is 4.90 Å². The molecular weight excluding hydrogens is 196 g/mol. The average Bonchev–Trinajstić information content (AvgIpc) is 2.44. The van der Waals surface area contributed by atoms with Crippen LogP contribution in [0, 0.1) is 17.0 Å². The summed E-state index contributed by atoms with van der Waals surface area (Å²) in [5, 5.41) is 0. The molecule has 1 aliphatic rings. The highest BCUT2D eigenvalue weighted by molar-refractivity contribution is 5.48. The van der Waals surface area contributed by atoms with Gasteiger partial charge in [0.15, 0.2) is 0 Å². The fourth-order valence-corrected chi connectivity index (χ4v) is 2.05. The molecule has 1 aromatic carbocycles. The van der Waals surface area contributed by atoms with Gasteiger partial charge in [0.25, 0.3) is 0 Å². The molecule has 0 bridgehead atoms. The monoisotopic (exact) mass is 211 g/mol. The molecule has 0 N–H and O–H groups in total. The van der Waals surface area contributed by atoms with Crippen molar-refractivity contribution in [1.29, 1.82) is 0 Å². The zero-order valence-electron chi connectivity index (χ0n) is 9.06. The summed E-state index contributed by atoms with van der Waals surface area (Å²) in [6.07, 6.45) is 1.06. The first-order valence-electron chi connectivity index (χ1n) is 5.17. The zero-order chi connectivity index (χ0) is 11.1. The summed E-state index contributed by atoms with van der Waals surface area (Å²) >= 11 is 0. The predicted octanol–water partition coefficient (Wildman–Crippen LogP) is 3.20. The van der Waals surface area contributed by atoms with Crippen molar-refractivity contribution in [3.8, 4) is 0 Å². The van der Waals surface area contributed by atoms with Gasteiger partial charge in [0, 0.05) is 24.8 Å². The second-order valence-electron chi connectivity index (χ2n) is 4.96. The summed E-state index contributed by atoms with van der Waals surface area (Å²) in [4.78, 5) is 2.03. The van der Waals surface area contributed by atoms with Gasteiger partial charge in [-0.1, -0.05) is 13.8 Å². The quantitative estimate of drug-likeness (QED) is 0.689. The molecular formula is C12H15F2N. The molecule has 0 amide bonds. The second-order valence-corrected chi connectivity index (χ2v) is 4.96. The van der Waals surface area contributed by atoms with E-state index in [9.17, 15) is 8.78 Å². The molecule has 0 atom stereocenters. The van der Waals surface area contributed by atoms with Crippen molar-refractivity contribution in [2.45, 2.75) is 20.3 Å². The Morgan fingerprint density at radius 1 is 1.13 bits per heavy atom. The molecule has 1 saturated heterocycles. The molecule has 2 rings (SSSR count). The van der Waals surface area contributed by atoms with Crippen LogP contribution in [0.1, 0.15) is 20.3 Å². The van der Waals surface area contributed by atoms with Gasteiger partial charge >= 0.3 is 0 Å². The van der Waals surface area contributed by atoms with Crippen molar-refractivity contribution < 1.29 is 8.78 Å². The minimum Gasteiger partial charge on any atom is -0.371 e. The van der Waals surface area contributed by atoms with Gasteiger partial charge in [0.1, 0.15) is 11.6 Å². The molecule has 0 aliphatic carbocycles. The van der Waals surface area contributed by atoms with Gasteiger partial charge in [-0.25, -0.2) is 8.78 Å². The first kappa shape index (κ1) is 10.4. The van der Waals surface area contributed by atoms with Crippen molar-refractivity contribution in [2.75, 3.05) is 18.0 Å². The Labute approximate surface area is 88.7 Å². The Bertz CT molecular complexity index is 354. The number of anilines is 1. The predicted molar refractivity (Wildman–Crippen MR) is 57.0 cm³/mol. The molecule has 1 nitrogen and oxygen atoms in total. The molecule has 3 heteroatoms. The van der Waals surface area contributed by atoms with Crippen LogP contribution in [0.15, 0.2) is 18.2 Å². The average molecular weight is 211 g/mol. The van der Waals surface area contributed by atoms with Gasteiger partial charge in [-0.2, -0.15) is 0 Å². The number of benzene rings is 1. The maximum absolute atomic E-state index is 13.0. The lowest BCUT2D eigenvalue weighted by atomic mass is 9.93. The Balaban J connectivity index is 2.24. The van der Waals surface area contributed by atoms with Gasteiger partial charge in [0.2, 0.25) is 0 Å². The summed E-state index contributed by atoms with van der Waals surface area (Å²) < 4.78 is 26.0. The van der Waals surface area contributed by atoms with Gasteiger partial charge in [0.05, 0.1) is 0 Å². The number of rotatable bonds is 1. The number of nitrogens with zero attached hydrogens (tertiary/aromatic N) is 1. The first-order valence-corrected chi connectivity index (χ1v) is 5.17. The Morgan fingerprint density at radius 3 is 2.20 bits per heavy atom. The minimum absolute atomic E-state index is 0.239. The summed E-state index contributed by atoms with van der Waals surface area (Å²) in [5.74, 6) is -1.01. The van der Waals surface area contributed by atoms with E-state index < -0.39 is 11.6 Å². The normalized spacial score (nSPS) is 19.6. The van der Waals surface area contributed by atoms with Gasteiger partial charge in [-0.3, -0.25) is 0 Å².